The van der Waals surface area contributed by atoms with Crippen molar-refractivity contribution < 1.29 is 14.3 Å². The van der Waals surface area contributed by atoms with Gasteiger partial charge in [0.2, 0.25) is 0 Å². The summed E-state index contributed by atoms with van der Waals surface area (Å²) in [7, 11) is 1.30. The van der Waals surface area contributed by atoms with Gasteiger partial charge in [-0.3, -0.25) is 9.59 Å². The highest BCUT2D eigenvalue weighted by Crippen LogP contribution is 2.11. The molecule has 74 valence electrons. The van der Waals surface area contributed by atoms with Crippen molar-refractivity contribution >= 4 is 11.8 Å². The molecule has 0 saturated carbocycles. The number of Topliss-reactive ketones (excluding diaryl/α,β-unsaturated/α-hetero) is 1. The van der Waals surface area contributed by atoms with Crippen molar-refractivity contribution in [2.75, 3.05) is 7.11 Å². The summed E-state index contributed by atoms with van der Waals surface area (Å²) in [6.07, 6.45) is 3.94. The van der Waals surface area contributed by atoms with Gasteiger partial charge in [-0.2, -0.15) is 0 Å². The second kappa shape index (κ2) is 6.40. The lowest BCUT2D eigenvalue weighted by Crippen LogP contribution is -2.23. The molecule has 0 aliphatic rings. The van der Waals surface area contributed by atoms with E-state index in [1.165, 1.54) is 14.0 Å². The smallest absolute Gasteiger partial charge is 0.316 e. The Bertz CT molecular complexity index is 196. The summed E-state index contributed by atoms with van der Waals surface area (Å²) in [5.74, 6) is -1.16. The van der Waals surface area contributed by atoms with Crippen molar-refractivity contribution in [1.82, 2.24) is 0 Å². The minimum atomic E-state index is -0.593. The number of rotatable bonds is 6. The second-order valence-electron chi connectivity index (χ2n) is 2.91. The van der Waals surface area contributed by atoms with Crippen LogP contribution < -0.4 is 0 Å². The van der Waals surface area contributed by atoms with Crippen molar-refractivity contribution in [2.45, 2.75) is 26.2 Å². The third kappa shape index (κ3) is 4.45. The minimum Gasteiger partial charge on any atom is -0.468 e. The number of ketones is 1. The van der Waals surface area contributed by atoms with E-state index in [4.69, 9.17) is 0 Å². The zero-order valence-electron chi connectivity index (χ0n) is 8.21. The standard InChI is InChI=1S/C10H16O3/c1-4-5-6-7-9(8(2)11)10(12)13-3/h4,9H,1,5-7H2,2-3H3. The van der Waals surface area contributed by atoms with Crippen LogP contribution in [-0.4, -0.2) is 18.9 Å². The first-order valence-corrected chi connectivity index (χ1v) is 4.32. The van der Waals surface area contributed by atoms with E-state index in [2.05, 4.69) is 11.3 Å². The van der Waals surface area contributed by atoms with Crippen LogP contribution in [0.5, 0.6) is 0 Å². The molecule has 0 rings (SSSR count). The Hall–Kier alpha value is -1.12. The van der Waals surface area contributed by atoms with E-state index in [1.807, 2.05) is 0 Å². The molecule has 0 aliphatic carbocycles. The summed E-state index contributed by atoms with van der Waals surface area (Å²) in [6.45, 7) is 4.98. The molecule has 3 heteroatoms. The van der Waals surface area contributed by atoms with Crippen molar-refractivity contribution in [3.63, 3.8) is 0 Å². The lowest BCUT2D eigenvalue weighted by atomic mass is 9.98. The first-order valence-electron chi connectivity index (χ1n) is 4.32. The maximum atomic E-state index is 11.1. The van der Waals surface area contributed by atoms with Crippen molar-refractivity contribution in [3.05, 3.63) is 12.7 Å². The van der Waals surface area contributed by atoms with Crippen LogP contribution >= 0.6 is 0 Å². The molecule has 1 atom stereocenters. The number of methoxy groups -OCH3 is 1. The lowest BCUT2D eigenvalue weighted by molar-refractivity contribution is -0.149. The highest BCUT2D eigenvalue weighted by Gasteiger charge is 2.22. The summed E-state index contributed by atoms with van der Waals surface area (Å²) in [4.78, 5) is 22.1. The van der Waals surface area contributed by atoms with Gasteiger partial charge in [0.15, 0.2) is 0 Å². The summed E-state index contributed by atoms with van der Waals surface area (Å²) in [5.41, 5.74) is 0. The summed E-state index contributed by atoms with van der Waals surface area (Å²) in [5, 5.41) is 0. The van der Waals surface area contributed by atoms with Gasteiger partial charge in [-0.05, 0) is 26.2 Å². The van der Waals surface area contributed by atoms with Crippen LogP contribution in [0, 0.1) is 5.92 Å². The fourth-order valence-corrected chi connectivity index (χ4v) is 1.10. The third-order valence-electron chi connectivity index (χ3n) is 1.88. The monoisotopic (exact) mass is 184 g/mol. The Morgan fingerprint density at radius 2 is 2.15 bits per heavy atom. The van der Waals surface area contributed by atoms with Gasteiger partial charge in [0.25, 0.3) is 0 Å². The van der Waals surface area contributed by atoms with Gasteiger partial charge in [-0.15, -0.1) is 6.58 Å². The normalized spacial score (nSPS) is 11.8. The first kappa shape index (κ1) is 11.9. The van der Waals surface area contributed by atoms with Gasteiger partial charge in [-0.1, -0.05) is 6.08 Å². The molecule has 0 saturated heterocycles. The van der Waals surface area contributed by atoms with E-state index in [1.54, 1.807) is 6.08 Å². The van der Waals surface area contributed by atoms with E-state index in [0.717, 1.165) is 12.8 Å². The SMILES string of the molecule is C=CCCCC(C(C)=O)C(=O)OC. The molecule has 0 aromatic rings. The summed E-state index contributed by atoms with van der Waals surface area (Å²) < 4.78 is 4.52. The number of carbonyl (C=O) groups is 2. The van der Waals surface area contributed by atoms with Gasteiger partial charge in [0, 0.05) is 0 Å². The number of unbranched alkanes of at least 4 members (excludes halogenated alkanes) is 1. The van der Waals surface area contributed by atoms with E-state index in [0.29, 0.717) is 6.42 Å². The maximum Gasteiger partial charge on any atom is 0.316 e. The van der Waals surface area contributed by atoms with E-state index in [-0.39, 0.29) is 5.78 Å². The van der Waals surface area contributed by atoms with E-state index >= 15 is 0 Å². The molecular formula is C10H16O3. The van der Waals surface area contributed by atoms with Crippen molar-refractivity contribution in [1.29, 1.82) is 0 Å². The molecule has 1 unspecified atom stereocenters. The Morgan fingerprint density at radius 1 is 1.54 bits per heavy atom. The lowest BCUT2D eigenvalue weighted by Gasteiger charge is -2.09. The fraction of sp³-hybridized carbons (Fsp3) is 0.600. The molecule has 3 nitrogen and oxygen atoms in total. The fourth-order valence-electron chi connectivity index (χ4n) is 1.10. The predicted molar refractivity (Wildman–Crippen MR) is 50.2 cm³/mol. The van der Waals surface area contributed by atoms with E-state index in [9.17, 15) is 9.59 Å². The Balaban J connectivity index is 4.02. The minimum absolute atomic E-state index is 0.129. The maximum absolute atomic E-state index is 11.1. The van der Waals surface area contributed by atoms with Gasteiger partial charge >= 0.3 is 5.97 Å². The van der Waals surface area contributed by atoms with Crippen LogP contribution in [0.3, 0.4) is 0 Å². The molecule has 0 radical (unpaired) electrons. The average molecular weight is 184 g/mol. The predicted octanol–water partition coefficient (Wildman–Crippen LogP) is 1.72. The number of hydrogen-bond acceptors (Lipinski definition) is 3. The highest BCUT2D eigenvalue weighted by atomic mass is 16.5. The molecule has 0 heterocycles. The zero-order chi connectivity index (χ0) is 10.3. The number of hydrogen-bond donors (Lipinski definition) is 0. The number of allylic oxidation sites excluding steroid dienone is 1. The molecule has 0 amide bonds. The molecule has 0 fully saturated rings. The Kier molecular flexibility index (Phi) is 5.85. The molecule has 0 spiro atoms. The van der Waals surface area contributed by atoms with E-state index < -0.39 is 11.9 Å². The molecule has 0 aliphatic heterocycles. The number of ether oxygens (including phenoxy) is 1. The van der Waals surface area contributed by atoms with Crippen LogP contribution in [0.4, 0.5) is 0 Å². The number of esters is 1. The average Bonchev–Trinajstić information content (AvgIpc) is 2.11. The van der Waals surface area contributed by atoms with Crippen LogP contribution in [0.25, 0.3) is 0 Å². The number of carbonyl (C=O) groups excluding carboxylic acids is 2. The second-order valence-corrected chi connectivity index (χ2v) is 2.91. The first-order chi connectivity index (χ1) is 6.13. The van der Waals surface area contributed by atoms with Gasteiger partial charge in [0.1, 0.15) is 11.7 Å². The van der Waals surface area contributed by atoms with Crippen LogP contribution in [-0.2, 0) is 14.3 Å². The van der Waals surface area contributed by atoms with Crippen LogP contribution in [0.2, 0.25) is 0 Å². The molecule has 0 aromatic carbocycles. The van der Waals surface area contributed by atoms with Gasteiger partial charge in [0.05, 0.1) is 7.11 Å². The molecule has 13 heavy (non-hydrogen) atoms. The van der Waals surface area contributed by atoms with Crippen LogP contribution in [0.15, 0.2) is 12.7 Å². The molecular weight excluding hydrogens is 168 g/mol. The highest BCUT2D eigenvalue weighted by molar-refractivity contribution is 5.97. The topological polar surface area (TPSA) is 43.4 Å². The largest absolute Gasteiger partial charge is 0.468 e. The Labute approximate surface area is 78.8 Å². The zero-order valence-corrected chi connectivity index (χ0v) is 8.21. The van der Waals surface area contributed by atoms with Crippen molar-refractivity contribution in [3.8, 4) is 0 Å². The van der Waals surface area contributed by atoms with Crippen molar-refractivity contribution in [2.24, 2.45) is 5.92 Å². The molecule has 0 aromatic heterocycles. The summed E-state index contributed by atoms with van der Waals surface area (Å²) >= 11 is 0. The molecule has 0 N–H and O–H groups in total. The Morgan fingerprint density at radius 3 is 2.54 bits per heavy atom. The summed E-state index contributed by atoms with van der Waals surface area (Å²) in [6, 6.07) is 0. The van der Waals surface area contributed by atoms with Gasteiger partial charge < -0.3 is 4.74 Å². The molecule has 0 bridgehead atoms. The van der Waals surface area contributed by atoms with Gasteiger partial charge in [-0.25, -0.2) is 0 Å². The quantitative estimate of drug-likeness (QED) is 0.273. The van der Waals surface area contributed by atoms with Crippen LogP contribution in [0.1, 0.15) is 26.2 Å². The third-order valence-corrected chi connectivity index (χ3v) is 1.88.